The van der Waals surface area contributed by atoms with Gasteiger partial charge in [0.1, 0.15) is 0 Å². The minimum Gasteiger partial charge on any atom is -0.348 e. The molecule has 3 aromatic rings. The molecular formula is C25H23N3O3. The Balaban J connectivity index is 1.36. The summed E-state index contributed by atoms with van der Waals surface area (Å²) >= 11 is 0. The summed E-state index contributed by atoms with van der Waals surface area (Å²) in [6.45, 7) is 3.29. The maximum atomic E-state index is 13.3. The molecule has 0 saturated carbocycles. The highest BCUT2D eigenvalue weighted by Gasteiger charge is 2.37. The Bertz CT molecular complexity index is 1180. The molecule has 0 radical (unpaired) electrons. The van der Waals surface area contributed by atoms with Crippen LogP contribution in [0.15, 0.2) is 66.9 Å². The number of hydrogen-bond acceptors (Lipinski definition) is 3. The van der Waals surface area contributed by atoms with Gasteiger partial charge in [0, 0.05) is 37.9 Å². The van der Waals surface area contributed by atoms with Gasteiger partial charge in [0.2, 0.25) is 5.91 Å². The lowest BCUT2D eigenvalue weighted by atomic mass is 9.99. The fraction of sp³-hybridized carbons (Fsp3) is 0.240. The van der Waals surface area contributed by atoms with Gasteiger partial charge in [-0.15, -0.1) is 0 Å². The first kappa shape index (κ1) is 19.3. The summed E-state index contributed by atoms with van der Waals surface area (Å²) in [6.07, 6.45) is 2.14. The Hall–Kier alpha value is -3.67. The molecule has 0 saturated heterocycles. The van der Waals surface area contributed by atoms with Gasteiger partial charge in [0.05, 0.1) is 17.2 Å². The number of aryl methyl sites for hydroxylation is 1. The zero-order chi connectivity index (χ0) is 21.5. The van der Waals surface area contributed by atoms with Gasteiger partial charge in [0.25, 0.3) is 11.8 Å². The van der Waals surface area contributed by atoms with Gasteiger partial charge < -0.3 is 9.47 Å². The minimum atomic E-state index is -0.320. The summed E-state index contributed by atoms with van der Waals surface area (Å²) in [7, 11) is 0. The van der Waals surface area contributed by atoms with Crippen molar-refractivity contribution in [2.75, 3.05) is 13.1 Å². The second kappa shape index (κ2) is 7.54. The Morgan fingerprint density at radius 1 is 0.935 bits per heavy atom. The largest absolute Gasteiger partial charge is 0.348 e. The highest BCUT2D eigenvalue weighted by Crippen LogP contribution is 2.33. The lowest BCUT2D eigenvalue weighted by Gasteiger charge is -2.37. The van der Waals surface area contributed by atoms with Crippen molar-refractivity contribution in [3.05, 3.63) is 94.8 Å². The first-order chi connectivity index (χ1) is 15.0. The Morgan fingerprint density at radius 3 is 2.52 bits per heavy atom. The number of aromatic nitrogens is 1. The first-order valence-electron chi connectivity index (χ1n) is 10.5. The standard InChI is InChI=1S/C25H23N3O3/c1-17-9-10-19-20(16-17)25(31)28(24(19)30)13-11-22(29)27-15-14-26-12-5-8-21(26)23(27)18-6-3-2-4-7-18/h2-10,12,16,23H,11,13-15H2,1H3. The molecule has 0 bridgehead atoms. The topological polar surface area (TPSA) is 62.6 Å². The van der Waals surface area contributed by atoms with Crippen molar-refractivity contribution in [1.82, 2.24) is 14.4 Å². The van der Waals surface area contributed by atoms with E-state index in [2.05, 4.69) is 4.57 Å². The van der Waals surface area contributed by atoms with E-state index in [-0.39, 0.29) is 36.7 Å². The number of carbonyl (C=O) groups excluding carboxylic acids is 3. The zero-order valence-electron chi connectivity index (χ0n) is 17.3. The minimum absolute atomic E-state index is 0.0611. The predicted molar refractivity (Wildman–Crippen MR) is 116 cm³/mol. The van der Waals surface area contributed by atoms with Gasteiger partial charge in [-0.25, -0.2) is 0 Å². The monoisotopic (exact) mass is 413 g/mol. The average molecular weight is 413 g/mol. The van der Waals surface area contributed by atoms with Crippen LogP contribution in [0.2, 0.25) is 0 Å². The number of benzene rings is 2. The molecule has 3 heterocycles. The fourth-order valence-electron chi connectivity index (χ4n) is 4.60. The van der Waals surface area contributed by atoms with Crippen LogP contribution in [0.1, 0.15) is 50.0 Å². The van der Waals surface area contributed by atoms with E-state index < -0.39 is 0 Å². The van der Waals surface area contributed by atoms with Gasteiger partial charge >= 0.3 is 0 Å². The van der Waals surface area contributed by atoms with E-state index in [0.29, 0.717) is 17.7 Å². The molecule has 2 aliphatic heterocycles. The molecule has 0 N–H and O–H groups in total. The van der Waals surface area contributed by atoms with Crippen molar-refractivity contribution in [2.45, 2.75) is 25.9 Å². The summed E-state index contributed by atoms with van der Waals surface area (Å²) in [5, 5.41) is 0. The molecule has 1 unspecified atom stereocenters. The lowest BCUT2D eigenvalue weighted by Crippen LogP contribution is -2.44. The van der Waals surface area contributed by atoms with Gasteiger partial charge in [-0.05, 0) is 36.8 Å². The van der Waals surface area contributed by atoms with Crippen LogP contribution in [0.4, 0.5) is 0 Å². The number of rotatable bonds is 4. The molecule has 5 rings (SSSR count). The van der Waals surface area contributed by atoms with E-state index in [9.17, 15) is 14.4 Å². The number of fused-ring (bicyclic) bond motifs is 2. The molecule has 156 valence electrons. The van der Waals surface area contributed by atoms with E-state index in [1.165, 1.54) is 4.90 Å². The molecule has 6 heteroatoms. The van der Waals surface area contributed by atoms with Crippen molar-refractivity contribution < 1.29 is 14.4 Å². The van der Waals surface area contributed by atoms with Crippen LogP contribution in [-0.2, 0) is 11.3 Å². The summed E-state index contributed by atoms with van der Waals surface area (Å²) in [5.74, 6) is -0.697. The zero-order valence-corrected chi connectivity index (χ0v) is 17.3. The van der Waals surface area contributed by atoms with Crippen LogP contribution >= 0.6 is 0 Å². The third-order valence-electron chi connectivity index (χ3n) is 6.15. The molecule has 1 atom stereocenters. The van der Waals surface area contributed by atoms with E-state index in [1.807, 2.05) is 66.6 Å². The molecule has 1 aromatic heterocycles. The maximum Gasteiger partial charge on any atom is 0.261 e. The quantitative estimate of drug-likeness (QED) is 0.616. The van der Waals surface area contributed by atoms with Crippen LogP contribution in [-0.4, -0.2) is 45.2 Å². The van der Waals surface area contributed by atoms with Crippen molar-refractivity contribution in [1.29, 1.82) is 0 Å². The second-order valence-corrected chi connectivity index (χ2v) is 8.09. The Labute approximate surface area is 180 Å². The summed E-state index contributed by atoms with van der Waals surface area (Å²) < 4.78 is 2.17. The summed E-state index contributed by atoms with van der Waals surface area (Å²) in [4.78, 5) is 41.8. The van der Waals surface area contributed by atoms with E-state index in [4.69, 9.17) is 0 Å². The number of hydrogen-bond donors (Lipinski definition) is 0. The van der Waals surface area contributed by atoms with Crippen LogP contribution in [0.25, 0.3) is 0 Å². The third-order valence-corrected chi connectivity index (χ3v) is 6.15. The summed E-state index contributed by atoms with van der Waals surface area (Å²) in [5.41, 5.74) is 3.89. The van der Waals surface area contributed by atoms with Crippen LogP contribution in [0.3, 0.4) is 0 Å². The molecule has 0 aliphatic carbocycles. The molecule has 31 heavy (non-hydrogen) atoms. The highest BCUT2D eigenvalue weighted by molar-refractivity contribution is 6.21. The molecule has 2 aromatic carbocycles. The maximum absolute atomic E-state index is 13.3. The number of amides is 3. The van der Waals surface area contributed by atoms with Crippen LogP contribution < -0.4 is 0 Å². The van der Waals surface area contributed by atoms with E-state index in [1.54, 1.807) is 12.1 Å². The van der Waals surface area contributed by atoms with Crippen molar-refractivity contribution >= 4 is 17.7 Å². The number of carbonyl (C=O) groups is 3. The van der Waals surface area contributed by atoms with Gasteiger partial charge in [0.15, 0.2) is 0 Å². The van der Waals surface area contributed by atoms with Crippen LogP contribution in [0.5, 0.6) is 0 Å². The molecule has 0 fully saturated rings. The number of imide groups is 1. The normalized spacial score (nSPS) is 17.6. The van der Waals surface area contributed by atoms with Crippen LogP contribution in [0, 0.1) is 6.92 Å². The highest BCUT2D eigenvalue weighted by atomic mass is 16.2. The van der Waals surface area contributed by atoms with Crippen molar-refractivity contribution in [3.63, 3.8) is 0 Å². The predicted octanol–water partition coefficient (Wildman–Crippen LogP) is 3.41. The van der Waals surface area contributed by atoms with E-state index in [0.717, 1.165) is 23.4 Å². The molecular weight excluding hydrogens is 390 g/mol. The molecule has 6 nitrogen and oxygen atoms in total. The lowest BCUT2D eigenvalue weighted by molar-refractivity contribution is -0.134. The van der Waals surface area contributed by atoms with Gasteiger partial charge in [-0.3, -0.25) is 19.3 Å². The molecule has 0 spiro atoms. The van der Waals surface area contributed by atoms with Gasteiger partial charge in [-0.2, -0.15) is 0 Å². The fourth-order valence-corrected chi connectivity index (χ4v) is 4.60. The Kier molecular flexibility index (Phi) is 4.70. The Morgan fingerprint density at radius 2 is 1.71 bits per heavy atom. The molecule has 3 amide bonds. The van der Waals surface area contributed by atoms with Crippen molar-refractivity contribution in [3.8, 4) is 0 Å². The third kappa shape index (κ3) is 3.24. The van der Waals surface area contributed by atoms with E-state index >= 15 is 0 Å². The first-order valence-corrected chi connectivity index (χ1v) is 10.5. The SMILES string of the molecule is Cc1ccc2c(c1)C(=O)N(CCC(=O)N1CCn3cccc3C1c1ccccc1)C2=O. The van der Waals surface area contributed by atoms with Crippen molar-refractivity contribution in [2.24, 2.45) is 0 Å². The van der Waals surface area contributed by atoms with Gasteiger partial charge in [-0.1, -0.05) is 42.0 Å². The smallest absolute Gasteiger partial charge is 0.261 e. The summed E-state index contributed by atoms with van der Waals surface area (Å²) in [6, 6.07) is 19.1. The average Bonchev–Trinajstić information content (AvgIpc) is 3.35. The number of nitrogens with zero attached hydrogens (tertiary/aromatic N) is 3. The second-order valence-electron chi connectivity index (χ2n) is 8.09. The molecule has 2 aliphatic rings.